The lowest BCUT2D eigenvalue weighted by Crippen LogP contribution is -2.51. The highest BCUT2D eigenvalue weighted by Gasteiger charge is 2.38. The first-order valence-corrected chi connectivity index (χ1v) is 6.54. The Morgan fingerprint density at radius 3 is 2.50 bits per heavy atom. The number of aliphatic carboxylic acids is 1. The standard InChI is InChI=1S/C13H21NO4/c1-13(2)8-14(5-6-18-13)11(15)9-3-4-10(7-9)12(16)17/h9-10H,3-8H2,1-2H3,(H,16,17)/t9-,10+/m1/s1. The summed E-state index contributed by atoms with van der Waals surface area (Å²) >= 11 is 0. The molecular formula is C13H21NO4. The summed E-state index contributed by atoms with van der Waals surface area (Å²) in [4.78, 5) is 25.1. The number of morpholine rings is 1. The smallest absolute Gasteiger partial charge is 0.306 e. The highest BCUT2D eigenvalue weighted by molar-refractivity contribution is 5.81. The molecule has 1 amide bonds. The summed E-state index contributed by atoms with van der Waals surface area (Å²) in [5.41, 5.74) is -0.293. The fourth-order valence-corrected chi connectivity index (χ4v) is 2.89. The summed E-state index contributed by atoms with van der Waals surface area (Å²) < 4.78 is 5.58. The van der Waals surface area contributed by atoms with Crippen LogP contribution in [0.1, 0.15) is 33.1 Å². The maximum atomic E-state index is 12.3. The summed E-state index contributed by atoms with van der Waals surface area (Å²) in [6.45, 7) is 5.73. The van der Waals surface area contributed by atoms with Crippen molar-refractivity contribution in [2.24, 2.45) is 11.8 Å². The molecule has 18 heavy (non-hydrogen) atoms. The van der Waals surface area contributed by atoms with Gasteiger partial charge in [-0.05, 0) is 33.1 Å². The average Bonchev–Trinajstić information content (AvgIpc) is 2.76. The van der Waals surface area contributed by atoms with Crippen LogP contribution in [0, 0.1) is 11.8 Å². The van der Waals surface area contributed by atoms with E-state index in [1.807, 2.05) is 18.7 Å². The number of hydrogen-bond acceptors (Lipinski definition) is 3. The predicted octanol–water partition coefficient (Wildman–Crippen LogP) is 1.12. The lowest BCUT2D eigenvalue weighted by Gasteiger charge is -2.39. The van der Waals surface area contributed by atoms with E-state index in [0.29, 0.717) is 39.0 Å². The van der Waals surface area contributed by atoms with E-state index in [-0.39, 0.29) is 23.3 Å². The minimum absolute atomic E-state index is 0.107. The Bertz CT molecular complexity index is 353. The van der Waals surface area contributed by atoms with Crippen molar-refractivity contribution in [3.63, 3.8) is 0 Å². The SMILES string of the molecule is CC1(C)CN(C(=O)[C@@H]2CC[C@H](C(=O)O)C2)CCO1. The lowest BCUT2D eigenvalue weighted by atomic mass is 10.0. The number of carbonyl (C=O) groups is 2. The summed E-state index contributed by atoms with van der Waals surface area (Å²) in [5.74, 6) is -1.12. The van der Waals surface area contributed by atoms with E-state index >= 15 is 0 Å². The van der Waals surface area contributed by atoms with Crippen molar-refractivity contribution in [3.8, 4) is 0 Å². The van der Waals surface area contributed by atoms with Crippen LogP contribution in [0.2, 0.25) is 0 Å². The van der Waals surface area contributed by atoms with Gasteiger partial charge in [0.2, 0.25) is 5.91 Å². The third-order valence-corrected chi connectivity index (χ3v) is 3.87. The van der Waals surface area contributed by atoms with Gasteiger partial charge < -0.3 is 14.7 Å². The number of nitrogens with zero attached hydrogens (tertiary/aromatic N) is 1. The Labute approximate surface area is 107 Å². The van der Waals surface area contributed by atoms with Gasteiger partial charge in [0.25, 0.3) is 0 Å². The Morgan fingerprint density at radius 2 is 1.94 bits per heavy atom. The van der Waals surface area contributed by atoms with E-state index in [1.54, 1.807) is 0 Å². The Morgan fingerprint density at radius 1 is 1.28 bits per heavy atom. The van der Waals surface area contributed by atoms with Crippen molar-refractivity contribution in [1.82, 2.24) is 4.90 Å². The second kappa shape index (κ2) is 4.88. The molecule has 0 spiro atoms. The van der Waals surface area contributed by atoms with Crippen LogP contribution >= 0.6 is 0 Å². The van der Waals surface area contributed by atoms with Gasteiger partial charge in [0.15, 0.2) is 0 Å². The van der Waals surface area contributed by atoms with Crippen LogP contribution in [0.3, 0.4) is 0 Å². The molecule has 0 aromatic rings. The molecule has 0 bridgehead atoms. The number of rotatable bonds is 2. The predicted molar refractivity (Wildman–Crippen MR) is 65.1 cm³/mol. The van der Waals surface area contributed by atoms with Crippen LogP contribution in [0.4, 0.5) is 0 Å². The largest absolute Gasteiger partial charge is 0.481 e. The van der Waals surface area contributed by atoms with Crippen molar-refractivity contribution >= 4 is 11.9 Å². The van der Waals surface area contributed by atoms with E-state index in [4.69, 9.17) is 9.84 Å². The van der Waals surface area contributed by atoms with Gasteiger partial charge in [-0.1, -0.05) is 0 Å². The molecule has 1 saturated carbocycles. The van der Waals surface area contributed by atoms with Crippen LogP contribution < -0.4 is 0 Å². The topological polar surface area (TPSA) is 66.8 Å². The van der Waals surface area contributed by atoms with Gasteiger partial charge in [-0.15, -0.1) is 0 Å². The first-order chi connectivity index (χ1) is 8.39. The Hall–Kier alpha value is -1.10. The lowest BCUT2D eigenvalue weighted by molar-refractivity contribution is -0.150. The molecule has 2 atom stereocenters. The van der Waals surface area contributed by atoms with Gasteiger partial charge in [0.1, 0.15) is 0 Å². The van der Waals surface area contributed by atoms with Crippen molar-refractivity contribution in [2.45, 2.75) is 38.7 Å². The zero-order valence-corrected chi connectivity index (χ0v) is 11.0. The molecule has 0 aromatic heterocycles. The quantitative estimate of drug-likeness (QED) is 0.803. The van der Waals surface area contributed by atoms with E-state index in [9.17, 15) is 9.59 Å². The number of amides is 1. The fourth-order valence-electron chi connectivity index (χ4n) is 2.89. The zero-order chi connectivity index (χ0) is 13.3. The molecule has 2 fully saturated rings. The van der Waals surface area contributed by atoms with Gasteiger partial charge >= 0.3 is 5.97 Å². The third-order valence-electron chi connectivity index (χ3n) is 3.87. The molecule has 1 aliphatic heterocycles. The number of carboxylic acids is 1. The number of hydrogen-bond donors (Lipinski definition) is 1. The normalized spacial score (nSPS) is 31.3. The van der Waals surface area contributed by atoms with E-state index < -0.39 is 5.97 Å². The molecule has 102 valence electrons. The molecule has 1 N–H and O–H groups in total. The molecule has 2 rings (SSSR count). The van der Waals surface area contributed by atoms with Crippen LogP contribution in [-0.2, 0) is 14.3 Å². The van der Waals surface area contributed by atoms with E-state index in [1.165, 1.54) is 0 Å². The maximum Gasteiger partial charge on any atom is 0.306 e. The molecule has 1 saturated heterocycles. The molecule has 0 unspecified atom stereocenters. The minimum atomic E-state index is -0.771. The molecular weight excluding hydrogens is 234 g/mol. The van der Waals surface area contributed by atoms with Gasteiger partial charge in [-0.3, -0.25) is 9.59 Å². The number of ether oxygens (including phenoxy) is 1. The van der Waals surface area contributed by atoms with Gasteiger partial charge in [0, 0.05) is 19.0 Å². The molecule has 1 aliphatic carbocycles. The average molecular weight is 255 g/mol. The fraction of sp³-hybridized carbons (Fsp3) is 0.846. The summed E-state index contributed by atoms with van der Waals surface area (Å²) in [6, 6.07) is 0. The third kappa shape index (κ3) is 2.83. The Balaban J connectivity index is 1.94. The molecule has 0 aromatic carbocycles. The second-order valence-electron chi connectivity index (χ2n) is 5.91. The molecule has 5 nitrogen and oxygen atoms in total. The molecule has 1 heterocycles. The second-order valence-corrected chi connectivity index (χ2v) is 5.91. The summed E-state index contributed by atoms with van der Waals surface area (Å²) in [5, 5.41) is 8.96. The first-order valence-electron chi connectivity index (χ1n) is 6.54. The van der Waals surface area contributed by atoms with Gasteiger partial charge in [-0.25, -0.2) is 0 Å². The van der Waals surface area contributed by atoms with Gasteiger partial charge in [0.05, 0.1) is 18.1 Å². The molecule has 2 aliphatic rings. The maximum absolute atomic E-state index is 12.3. The van der Waals surface area contributed by atoms with Crippen LogP contribution in [0.5, 0.6) is 0 Å². The van der Waals surface area contributed by atoms with Crippen LogP contribution in [0.25, 0.3) is 0 Å². The van der Waals surface area contributed by atoms with E-state index in [2.05, 4.69) is 0 Å². The number of carboxylic acid groups (broad SMARTS) is 1. The minimum Gasteiger partial charge on any atom is -0.481 e. The van der Waals surface area contributed by atoms with Crippen molar-refractivity contribution in [2.75, 3.05) is 19.7 Å². The highest BCUT2D eigenvalue weighted by Crippen LogP contribution is 2.33. The number of carbonyl (C=O) groups excluding carboxylic acids is 1. The van der Waals surface area contributed by atoms with Crippen LogP contribution in [-0.4, -0.2) is 47.2 Å². The Kier molecular flexibility index (Phi) is 3.61. The van der Waals surface area contributed by atoms with Crippen molar-refractivity contribution in [3.05, 3.63) is 0 Å². The van der Waals surface area contributed by atoms with Crippen LogP contribution in [0.15, 0.2) is 0 Å². The van der Waals surface area contributed by atoms with Gasteiger partial charge in [-0.2, -0.15) is 0 Å². The van der Waals surface area contributed by atoms with Crippen molar-refractivity contribution < 1.29 is 19.4 Å². The van der Waals surface area contributed by atoms with E-state index in [0.717, 1.165) is 0 Å². The zero-order valence-electron chi connectivity index (χ0n) is 11.0. The monoisotopic (exact) mass is 255 g/mol. The summed E-state index contributed by atoms with van der Waals surface area (Å²) in [6.07, 6.45) is 1.82. The highest BCUT2D eigenvalue weighted by atomic mass is 16.5. The molecule has 5 heteroatoms. The molecule has 0 radical (unpaired) electrons. The summed E-state index contributed by atoms with van der Waals surface area (Å²) in [7, 11) is 0. The van der Waals surface area contributed by atoms with Crippen molar-refractivity contribution in [1.29, 1.82) is 0 Å². The first kappa shape index (κ1) is 13.3.